The van der Waals surface area contributed by atoms with Crippen LogP contribution in [0.3, 0.4) is 0 Å². The molecule has 0 saturated carbocycles. The molecule has 1 aliphatic heterocycles. The second-order valence-electron chi connectivity index (χ2n) is 9.33. The molecule has 3 heterocycles. The van der Waals surface area contributed by atoms with Gasteiger partial charge in [0.05, 0.1) is 22.3 Å². The van der Waals surface area contributed by atoms with Crippen molar-refractivity contribution < 1.29 is 9.90 Å². The third kappa shape index (κ3) is 5.26. The van der Waals surface area contributed by atoms with E-state index < -0.39 is 6.10 Å². The van der Waals surface area contributed by atoms with Crippen molar-refractivity contribution in [1.29, 1.82) is 0 Å². The molecule has 186 valence electrons. The van der Waals surface area contributed by atoms with Crippen LogP contribution in [0.25, 0.3) is 10.9 Å². The van der Waals surface area contributed by atoms with E-state index in [0.717, 1.165) is 53.7 Å². The summed E-state index contributed by atoms with van der Waals surface area (Å²) < 4.78 is 0. The van der Waals surface area contributed by atoms with Crippen LogP contribution in [0.1, 0.15) is 37.7 Å². The summed E-state index contributed by atoms with van der Waals surface area (Å²) in [7, 11) is 0. The van der Waals surface area contributed by atoms with Gasteiger partial charge in [-0.1, -0.05) is 18.2 Å². The second-order valence-corrected chi connectivity index (χ2v) is 10.5. The fourth-order valence-electron chi connectivity index (χ4n) is 4.79. The molecular formula is C28H31N5O2S. The second kappa shape index (κ2) is 10.3. The van der Waals surface area contributed by atoms with Crippen LogP contribution in [0.5, 0.6) is 0 Å². The van der Waals surface area contributed by atoms with Crippen LogP contribution in [0, 0.1) is 20.8 Å². The van der Waals surface area contributed by atoms with E-state index in [1.54, 1.807) is 0 Å². The van der Waals surface area contributed by atoms with Gasteiger partial charge in [-0.15, -0.1) is 11.3 Å². The molecule has 2 aromatic heterocycles. The maximum absolute atomic E-state index is 12.7. The zero-order valence-electron chi connectivity index (χ0n) is 20.9. The normalized spacial score (nSPS) is 15.3. The van der Waals surface area contributed by atoms with Crippen LogP contribution in [0.2, 0.25) is 0 Å². The maximum Gasteiger partial charge on any atom is 0.267 e. The number of carbonyl (C=O) groups is 1. The third-order valence-electron chi connectivity index (χ3n) is 6.63. The smallest absolute Gasteiger partial charge is 0.267 e. The molecule has 1 atom stereocenters. The Morgan fingerprint density at radius 2 is 1.81 bits per heavy atom. The van der Waals surface area contributed by atoms with Gasteiger partial charge in [0, 0.05) is 55.2 Å². The summed E-state index contributed by atoms with van der Waals surface area (Å²) in [5.41, 5.74) is 5.47. The number of piperazine rings is 1. The first-order valence-corrected chi connectivity index (χ1v) is 13.1. The Labute approximate surface area is 215 Å². The van der Waals surface area contributed by atoms with E-state index in [1.807, 2.05) is 45.0 Å². The molecular weight excluding hydrogens is 470 g/mol. The molecule has 7 nitrogen and oxygen atoms in total. The molecule has 0 bridgehead atoms. The summed E-state index contributed by atoms with van der Waals surface area (Å²) in [5.74, 6) is -0.167. The van der Waals surface area contributed by atoms with E-state index in [4.69, 9.17) is 0 Å². The van der Waals surface area contributed by atoms with Crippen molar-refractivity contribution in [2.45, 2.75) is 26.9 Å². The number of thiazole rings is 1. The molecule has 0 radical (unpaired) electrons. The summed E-state index contributed by atoms with van der Waals surface area (Å²) >= 11 is 1.39. The van der Waals surface area contributed by atoms with Crippen molar-refractivity contribution in [2.24, 2.45) is 0 Å². The standard InChI is InChI=1S/C28H31N5O2S/c1-18-10-11-23-24(29-18)8-5-9-25(23)33-14-12-32(13-15-33)17-26(34)21-6-4-7-22(16-21)31-28(35)27-19(2)30-20(3)36-27/h4-11,16,26,34H,12-15,17H2,1-3H3,(H,31,35). The summed E-state index contributed by atoms with van der Waals surface area (Å²) in [5, 5.41) is 16.0. The molecule has 1 aliphatic rings. The lowest BCUT2D eigenvalue weighted by Crippen LogP contribution is -2.47. The van der Waals surface area contributed by atoms with Gasteiger partial charge in [-0.25, -0.2) is 4.98 Å². The van der Waals surface area contributed by atoms with E-state index in [9.17, 15) is 9.90 Å². The van der Waals surface area contributed by atoms with E-state index >= 15 is 0 Å². The molecule has 1 unspecified atom stereocenters. The highest BCUT2D eigenvalue weighted by molar-refractivity contribution is 7.13. The van der Waals surface area contributed by atoms with Crippen LogP contribution < -0.4 is 10.2 Å². The average Bonchev–Trinajstić information content (AvgIpc) is 3.22. The molecule has 4 aromatic rings. The zero-order valence-corrected chi connectivity index (χ0v) is 21.7. The predicted molar refractivity (Wildman–Crippen MR) is 146 cm³/mol. The highest BCUT2D eigenvalue weighted by Crippen LogP contribution is 2.28. The van der Waals surface area contributed by atoms with Gasteiger partial charge < -0.3 is 15.3 Å². The van der Waals surface area contributed by atoms with Crippen LogP contribution in [-0.2, 0) is 0 Å². The van der Waals surface area contributed by atoms with E-state index in [2.05, 4.69) is 55.4 Å². The lowest BCUT2D eigenvalue weighted by Gasteiger charge is -2.37. The highest BCUT2D eigenvalue weighted by atomic mass is 32.1. The largest absolute Gasteiger partial charge is 0.387 e. The fraction of sp³-hybridized carbons (Fsp3) is 0.321. The topological polar surface area (TPSA) is 81.6 Å². The number of hydrogen-bond acceptors (Lipinski definition) is 7. The molecule has 1 fully saturated rings. The molecule has 5 rings (SSSR count). The van der Waals surface area contributed by atoms with Gasteiger partial charge >= 0.3 is 0 Å². The van der Waals surface area contributed by atoms with Crippen LogP contribution in [0.15, 0.2) is 54.6 Å². The third-order valence-corrected chi connectivity index (χ3v) is 7.70. The van der Waals surface area contributed by atoms with Crippen molar-refractivity contribution in [3.8, 4) is 0 Å². The van der Waals surface area contributed by atoms with Crippen molar-refractivity contribution in [2.75, 3.05) is 42.9 Å². The first-order valence-electron chi connectivity index (χ1n) is 12.2. The molecule has 1 amide bonds. The van der Waals surface area contributed by atoms with Crippen molar-refractivity contribution in [3.05, 3.63) is 81.4 Å². The number of benzene rings is 2. The van der Waals surface area contributed by atoms with E-state index in [-0.39, 0.29) is 5.91 Å². The van der Waals surface area contributed by atoms with Gasteiger partial charge in [0.25, 0.3) is 5.91 Å². The number of nitrogens with one attached hydrogen (secondary N) is 1. The lowest BCUT2D eigenvalue weighted by atomic mass is 10.1. The molecule has 2 aromatic carbocycles. The van der Waals surface area contributed by atoms with Crippen molar-refractivity contribution in [1.82, 2.24) is 14.9 Å². The van der Waals surface area contributed by atoms with Crippen LogP contribution in [-0.4, -0.2) is 58.6 Å². The molecule has 36 heavy (non-hydrogen) atoms. The lowest BCUT2D eigenvalue weighted by molar-refractivity contribution is 0.102. The van der Waals surface area contributed by atoms with Gasteiger partial charge in [0.2, 0.25) is 0 Å². The number of aliphatic hydroxyl groups is 1. The van der Waals surface area contributed by atoms with Gasteiger partial charge in [-0.05, 0) is 62.7 Å². The molecule has 2 N–H and O–H groups in total. The minimum absolute atomic E-state index is 0.167. The number of nitrogens with zero attached hydrogens (tertiary/aromatic N) is 4. The number of fused-ring (bicyclic) bond motifs is 1. The quantitative estimate of drug-likeness (QED) is 0.398. The van der Waals surface area contributed by atoms with E-state index in [0.29, 0.717) is 17.1 Å². The average molecular weight is 502 g/mol. The summed E-state index contributed by atoms with van der Waals surface area (Å²) in [4.78, 5) is 27.0. The number of hydrogen-bond donors (Lipinski definition) is 2. The number of β-amino-alcohol motifs (C(OH)–C–C–N with tert-alkyl or cyclic N) is 1. The van der Waals surface area contributed by atoms with Crippen molar-refractivity contribution in [3.63, 3.8) is 0 Å². The zero-order chi connectivity index (χ0) is 25.2. The Hall–Kier alpha value is -3.33. The highest BCUT2D eigenvalue weighted by Gasteiger charge is 2.22. The first-order chi connectivity index (χ1) is 17.4. The van der Waals surface area contributed by atoms with Crippen LogP contribution in [0.4, 0.5) is 11.4 Å². The number of aromatic nitrogens is 2. The fourth-order valence-corrected chi connectivity index (χ4v) is 5.61. The molecule has 0 aliphatic carbocycles. The Balaban J connectivity index is 1.20. The van der Waals surface area contributed by atoms with Gasteiger partial charge in [0.1, 0.15) is 4.88 Å². The first kappa shape index (κ1) is 24.4. The minimum Gasteiger partial charge on any atom is -0.387 e. The minimum atomic E-state index is -0.634. The predicted octanol–water partition coefficient (Wildman–Crippen LogP) is 4.72. The Bertz CT molecular complexity index is 1390. The van der Waals surface area contributed by atoms with E-state index in [1.165, 1.54) is 22.4 Å². The maximum atomic E-state index is 12.7. The number of pyridine rings is 1. The van der Waals surface area contributed by atoms with Gasteiger partial charge in [-0.2, -0.15) is 0 Å². The number of aryl methyl sites for hydroxylation is 3. The summed E-state index contributed by atoms with van der Waals surface area (Å²) in [6, 6.07) is 18.0. The summed E-state index contributed by atoms with van der Waals surface area (Å²) in [6.07, 6.45) is -0.634. The van der Waals surface area contributed by atoms with Crippen molar-refractivity contribution >= 4 is 39.5 Å². The number of anilines is 2. The number of amides is 1. The monoisotopic (exact) mass is 501 g/mol. The molecule has 1 saturated heterocycles. The SMILES string of the molecule is Cc1ccc2c(N3CCN(CC(O)c4cccc(NC(=O)c5sc(C)nc5C)c4)CC3)cccc2n1. The Kier molecular flexibility index (Phi) is 7.00. The number of rotatable bonds is 6. The Morgan fingerprint density at radius 3 is 2.56 bits per heavy atom. The number of aliphatic hydroxyl groups excluding tert-OH is 1. The summed E-state index contributed by atoms with van der Waals surface area (Å²) in [6.45, 7) is 9.83. The molecule has 8 heteroatoms. The number of carbonyl (C=O) groups excluding carboxylic acids is 1. The van der Waals surface area contributed by atoms with Crippen LogP contribution >= 0.6 is 11.3 Å². The van der Waals surface area contributed by atoms with Gasteiger partial charge in [-0.3, -0.25) is 14.7 Å². The molecule has 0 spiro atoms. The Morgan fingerprint density at radius 1 is 1.03 bits per heavy atom. The van der Waals surface area contributed by atoms with Gasteiger partial charge in [0.15, 0.2) is 0 Å².